The molecule has 2 N–H and O–H groups in total. The monoisotopic (exact) mass is 403 g/mol. The predicted octanol–water partition coefficient (Wildman–Crippen LogP) is 1.66. The first-order valence-electron chi connectivity index (χ1n) is 8.74. The van der Waals surface area contributed by atoms with Crippen LogP contribution in [0.3, 0.4) is 0 Å². The van der Waals surface area contributed by atoms with Gasteiger partial charge in [0.1, 0.15) is 11.6 Å². The summed E-state index contributed by atoms with van der Waals surface area (Å²) >= 11 is 0. The van der Waals surface area contributed by atoms with Crippen LogP contribution in [0.25, 0.3) is 0 Å². The summed E-state index contributed by atoms with van der Waals surface area (Å²) in [5.41, 5.74) is -0.101. The van der Waals surface area contributed by atoms with Gasteiger partial charge in [-0.15, -0.1) is 0 Å². The molecule has 0 bridgehead atoms. The number of imide groups is 1. The average Bonchev–Trinajstić information content (AvgIpc) is 3.32. The summed E-state index contributed by atoms with van der Waals surface area (Å²) in [7, 11) is 0. The second-order valence-corrected chi connectivity index (χ2v) is 6.34. The number of benzene rings is 1. The molecule has 2 aromatic rings. The number of nitrogens with one attached hydrogen (secondary N) is 2. The molecule has 1 atom stereocenters. The van der Waals surface area contributed by atoms with Crippen molar-refractivity contribution in [2.75, 3.05) is 18.5 Å². The van der Waals surface area contributed by atoms with Crippen molar-refractivity contribution >= 4 is 29.5 Å². The van der Waals surface area contributed by atoms with Crippen molar-refractivity contribution in [3.8, 4) is 0 Å². The van der Waals surface area contributed by atoms with Gasteiger partial charge in [0.05, 0.1) is 24.4 Å². The Kier molecular flexibility index (Phi) is 6.22. The molecule has 3 rings (SSSR count). The molecule has 2 heterocycles. The van der Waals surface area contributed by atoms with Crippen LogP contribution in [-0.4, -0.2) is 41.9 Å². The SMILES string of the molecule is O=C(COC(=O)[C@@H]1CC(=O)N(Cc2ccco2)C1)NC(=O)Nc1ccccc1F. The second-order valence-electron chi connectivity index (χ2n) is 6.34. The van der Waals surface area contributed by atoms with E-state index < -0.39 is 36.2 Å². The van der Waals surface area contributed by atoms with Gasteiger partial charge < -0.3 is 19.4 Å². The van der Waals surface area contributed by atoms with E-state index in [1.54, 1.807) is 12.1 Å². The molecule has 10 heteroatoms. The molecule has 0 radical (unpaired) electrons. The summed E-state index contributed by atoms with van der Waals surface area (Å²) < 4.78 is 23.5. The van der Waals surface area contributed by atoms with Gasteiger partial charge in [-0.25, -0.2) is 9.18 Å². The summed E-state index contributed by atoms with van der Waals surface area (Å²) in [5, 5.41) is 4.10. The van der Waals surface area contributed by atoms with E-state index in [1.165, 1.54) is 29.4 Å². The molecular weight excluding hydrogens is 385 g/mol. The van der Waals surface area contributed by atoms with Crippen molar-refractivity contribution in [1.29, 1.82) is 0 Å². The largest absolute Gasteiger partial charge is 0.467 e. The maximum absolute atomic E-state index is 13.5. The predicted molar refractivity (Wildman–Crippen MR) is 96.8 cm³/mol. The Morgan fingerprint density at radius 1 is 1.21 bits per heavy atom. The minimum Gasteiger partial charge on any atom is -0.467 e. The van der Waals surface area contributed by atoms with Crippen LogP contribution in [0.4, 0.5) is 14.9 Å². The normalized spacial score (nSPS) is 15.8. The lowest BCUT2D eigenvalue weighted by atomic mass is 10.1. The molecule has 1 fully saturated rings. The molecule has 0 spiro atoms. The number of amides is 4. The van der Waals surface area contributed by atoms with Crippen LogP contribution in [0.1, 0.15) is 12.2 Å². The van der Waals surface area contributed by atoms with Gasteiger partial charge in [-0.3, -0.25) is 19.7 Å². The lowest BCUT2D eigenvalue weighted by molar-refractivity contribution is -0.152. The Labute approximate surface area is 164 Å². The number of carbonyl (C=O) groups is 4. The van der Waals surface area contributed by atoms with Gasteiger partial charge in [-0.2, -0.15) is 0 Å². The van der Waals surface area contributed by atoms with Crippen molar-refractivity contribution in [3.05, 3.63) is 54.2 Å². The molecule has 1 aromatic heterocycles. The summed E-state index contributed by atoms with van der Waals surface area (Å²) in [6.45, 7) is -0.313. The zero-order valence-electron chi connectivity index (χ0n) is 15.2. The van der Waals surface area contributed by atoms with E-state index in [0.717, 1.165) is 6.07 Å². The maximum Gasteiger partial charge on any atom is 0.326 e. The van der Waals surface area contributed by atoms with Crippen molar-refractivity contribution < 1.29 is 32.7 Å². The highest BCUT2D eigenvalue weighted by atomic mass is 19.1. The summed E-state index contributed by atoms with van der Waals surface area (Å²) in [4.78, 5) is 49.0. The highest BCUT2D eigenvalue weighted by Gasteiger charge is 2.36. The van der Waals surface area contributed by atoms with Gasteiger partial charge >= 0.3 is 12.0 Å². The number of nitrogens with zero attached hydrogens (tertiary/aromatic N) is 1. The van der Waals surface area contributed by atoms with Crippen molar-refractivity contribution in [2.45, 2.75) is 13.0 Å². The Hall–Kier alpha value is -3.69. The Balaban J connectivity index is 1.42. The highest BCUT2D eigenvalue weighted by molar-refractivity contribution is 6.02. The smallest absolute Gasteiger partial charge is 0.326 e. The second kappa shape index (κ2) is 9.00. The highest BCUT2D eigenvalue weighted by Crippen LogP contribution is 2.21. The number of halogens is 1. The van der Waals surface area contributed by atoms with E-state index in [1.807, 2.05) is 5.32 Å². The lowest BCUT2D eigenvalue weighted by Gasteiger charge is -2.14. The van der Waals surface area contributed by atoms with Crippen LogP contribution in [0, 0.1) is 11.7 Å². The average molecular weight is 403 g/mol. The van der Waals surface area contributed by atoms with Crippen LogP contribution >= 0.6 is 0 Å². The first-order chi connectivity index (χ1) is 13.9. The number of carbonyl (C=O) groups excluding carboxylic acids is 4. The van der Waals surface area contributed by atoms with Crippen LogP contribution in [0.2, 0.25) is 0 Å². The lowest BCUT2D eigenvalue weighted by Crippen LogP contribution is -2.38. The topological polar surface area (TPSA) is 118 Å². The number of anilines is 1. The van der Waals surface area contributed by atoms with Crippen LogP contribution in [-0.2, 0) is 25.7 Å². The molecule has 29 heavy (non-hydrogen) atoms. The zero-order chi connectivity index (χ0) is 20.8. The number of hydrogen-bond acceptors (Lipinski definition) is 6. The number of rotatable bonds is 6. The molecule has 1 aliphatic rings. The van der Waals surface area contributed by atoms with Gasteiger partial charge in [-0.1, -0.05) is 12.1 Å². The number of hydrogen-bond donors (Lipinski definition) is 2. The van der Waals surface area contributed by atoms with Crippen molar-refractivity contribution in [1.82, 2.24) is 10.2 Å². The third-order valence-electron chi connectivity index (χ3n) is 4.20. The fraction of sp³-hybridized carbons (Fsp3) is 0.263. The number of urea groups is 1. The van der Waals surface area contributed by atoms with E-state index in [9.17, 15) is 23.6 Å². The first kappa shape index (κ1) is 20.1. The number of ether oxygens (including phenoxy) is 1. The minimum absolute atomic E-state index is 0.0328. The number of furan rings is 1. The quantitative estimate of drug-likeness (QED) is 0.709. The van der Waals surface area contributed by atoms with Gasteiger partial charge in [-0.05, 0) is 24.3 Å². The number of likely N-dealkylation sites (tertiary alicyclic amines) is 1. The summed E-state index contributed by atoms with van der Waals surface area (Å²) in [5.74, 6) is -2.61. The number of para-hydroxylation sites is 1. The first-order valence-corrected chi connectivity index (χ1v) is 8.74. The molecule has 0 saturated carbocycles. The Bertz CT molecular complexity index is 914. The maximum atomic E-state index is 13.5. The molecule has 0 aliphatic carbocycles. The molecule has 152 valence electrons. The van der Waals surface area contributed by atoms with E-state index >= 15 is 0 Å². The number of esters is 1. The van der Waals surface area contributed by atoms with E-state index in [0.29, 0.717) is 5.76 Å². The Morgan fingerprint density at radius 2 is 2.00 bits per heavy atom. The summed E-state index contributed by atoms with van der Waals surface area (Å²) in [6, 6.07) is 7.89. The van der Waals surface area contributed by atoms with Gasteiger partial charge in [0, 0.05) is 13.0 Å². The summed E-state index contributed by atoms with van der Waals surface area (Å²) in [6.07, 6.45) is 1.46. The van der Waals surface area contributed by atoms with E-state index in [4.69, 9.17) is 9.15 Å². The zero-order valence-corrected chi connectivity index (χ0v) is 15.2. The van der Waals surface area contributed by atoms with Gasteiger partial charge in [0.25, 0.3) is 5.91 Å². The minimum atomic E-state index is -0.961. The van der Waals surface area contributed by atoms with E-state index in [2.05, 4.69) is 5.32 Å². The third kappa shape index (κ3) is 5.41. The molecule has 1 aliphatic heterocycles. The molecule has 9 nitrogen and oxygen atoms in total. The van der Waals surface area contributed by atoms with Crippen LogP contribution in [0.15, 0.2) is 47.1 Å². The van der Waals surface area contributed by atoms with Crippen LogP contribution < -0.4 is 10.6 Å². The van der Waals surface area contributed by atoms with E-state index in [-0.39, 0.29) is 31.1 Å². The molecule has 1 saturated heterocycles. The molecule has 4 amide bonds. The standard InChI is InChI=1S/C19H18FN3O6/c20-14-5-1-2-6-15(14)21-19(27)22-16(24)11-29-18(26)12-8-17(25)23(9-12)10-13-4-3-7-28-13/h1-7,12H,8-11H2,(H2,21,22,24,27)/t12-/m1/s1. The third-order valence-corrected chi connectivity index (χ3v) is 4.20. The van der Waals surface area contributed by atoms with Gasteiger partial charge in [0.15, 0.2) is 6.61 Å². The fourth-order valence-corrected chi connectivity index (χ4v) is 2.81. The van der Waals surface area contributed by atoms with Crippen LogP contribution in [0.5, 0.6) is 0 Å². The van der Waals surface area contributed by atoms with Gasteiger partial charge in [0.2, 0.25) is 5.91 Å². The Morgan fingerprint density at radius 3 is 2.72 bits per heavy atom. The van der Waals surface area contributed by atoms with Crippen molar-refractivity contribution in [2.24, 2.45) is 5.92 Å². The fourth-order valence-electron chi connectivity index (χ4n) is 2.81. The van der Waals surface area contributed by atoms with Crippen molar-refractivity contribution in [3.63, 3.8) is 0 Å². The molecule has 0 unspecified atom stereocenters. The molecule has 1 aromatic carbocycles. The molecular formula is C19H18FN3O6.